The largest absolute Gasteiger partial charge is 0.395 e. The predicted molar refractivity (Wildman–Crippen MR) is 66.0 cm³/mol. The van der Waals surface area contributed by atoms with Gasteiger partial charge in [0.25, 0.3) is 0 Å². The Balaban J connectivity index is 2.17. The van der Waals surface area contributed by atoms with Crippen LogP contribution in [0.25, 0.3) is 0 Å². The van der Waals surface area contributed by atoms with Gasteiger partial charge in [-0.1, -0.05) is 30.3 Å². The minimum absolute atomic E-state index is 0.108. The van der Waals surface area contributed by atoms with Gasteiger partial charge in [-0.25, -0.2) is 4.79 Å². The number of amides is 4. The zero-order valence-corrected chi connectivity index (χ0v) is 10.2. The van der Waals surface area contributed by atoms with Crippen LogP contribution in [-0.2, 0) is 16.0 Å². The number of rotatable bonds is 4. The molecule has 2 rings (SSSR count). The summed E-state index contributed by atoms with van der Waals surface area (Å²) in [6.07, 6.45) is 0.237. The number of imide groups is 2. The zero-order valence-electron chi connectivity index (χ0n) is 10.2. The van der Waals surface area contributed by atoms with Crippen molar-refractivity contribution in [3.05, 3.63) is 35.9 Å². The zero-order chi connectivity index (χ0) is 13.8. The van der Waals surface area contributed by atoms with Gasteiger partial charge in [0.15, 0.2) is 0 Å². The Labute approximate surface area is 110 Å². The van der Waals surface area contributed by atoms with E-state index in [0.717, 1.165) is 10.5 Å². The Kier molecular flexibility index (Phi) is 3.91. The molecule has 1 heterocycles. The molecule has 1 aliphatic heterocycles. The highest BCUT2D eigenvalue weighted by atomic mass is 16.3. The Morgan fingerprint density at radius 2 is 1.84 bits per heavy atom. The summed E-state index contributed by atoms with van der Waals surface area (Å²) in [5.74, 6) is -2.08. The summed E-state index contributed by atoms with van der Waals surface area (Å²) in [5.41, 5.74) is 0.842. The van der Waals surface area contributed by atoms with E-state index in [0.29, 0.717) is 0 Å². The SMILES string of the molecule is O=C1NC(=O)N(CCO)C(=O)C1Cc1ccccc1. The van der Waals surface area contributed by atoms with Crippen molar-refractivity contribution in [1.82, 2.24) is 10.2 Å². The van der Waals surface area contributed by atoms with E-state index in [1.165, 1.54) is 0 Å². The summed E-state index contributed by atoms with van der Waals surface area (Å²) in [5, 5.41) is 11.0. The van der Waals surface area contributed by atoms with Crippen LogP contribution in [0.5, 0.6) is 0 Å². The van der Waals surface area contributed by atoms with E-state index in [1.54, 1.807) is 0 Å². The van der Waals surface area contributed by atoms with Gasteiger partial charge in [0.2, 0.25) is 11.8 Å². The standard InChI is InChI=1S/C13H14N2O4/c16-7-6-15-12(18)10(11(17)14-13(15)19)8-9-4-2-1-3-5-9/h1-5,10,16H,6-8H2,(H,14,17,19). The molecule has 6 nitrogen and oxygen atoms in total. The summed E-state index contributed by atoms with van der Waals surface area (Å²) in [6, 6.07) is 8.33. The smallest absolute Gasteiger partial charge is 0.330 e. The van der Waals surface area contributed by atoms with Gasteiger partial charge in [0.1, 0.15) is 5.92 Å². The average molecular weight is 262 g/mol. The Hall–Kier alpha value is -2.21. The number of β-amino-alcohol motifs (C(OH)–C–C–N with tert-alkyl or cyclic N) is 1. The molecule has 1 aromatic rings. The predicted octanol–water partition coefficient (Wildman–Crippen LogP) is -0.0840. The van der Waals surface area contributed by atoms with Crippen molar-refractivity contribution in [2.75, 3.05) is 13.2 Å². The van der Waals surface area contributed by atoms with Gasteiger partial charge in [-0.2, -0.15) is 0 Å². The molecular formula is C13H14N2O4. The lowest BCUT2D eigenvalue weighted by molar-refractivity contribution is -0.142. The highest BCUT2D eigenvalue weighted by molar-refractivity contribution is 6.16. The molecule has 4 amide bonds. The second-order valence-corrected chi connectivity index (χ2v) is 4.25. The second-order valence-electron chi connectivity index (χ2n) is 4.25. The summed E-state index contributed by atoms with van der Waals surface area (Å²) in [7, 11) is 0. The summed E-state index contributed by atoms with van der Waals surface area (Å²) >= 11 is 0. The fourth-order valence-electron chi connectivity index (χ4n) is 2.00. The average Bonchev–Trinajstić information content (AvgIpc) is 2.41. The van der Waals surface area contributed by atoms with Crippen molar-refractivity contribution >= 4 is 17.8 Å². The number of aliphatic hydroxyl groups excluding tert-OH is 1. The monoisotopic (exact) mass is 262 g/mol. The molecule has 0 saturated carbocycles. The molecule has 1 unspecified atom stereocenters. The number of hydrogen-bond donors (Lipinski definition) is 2. The quantitative estimate of drug-likeness (QED) is 0.743. The maximum absolute atomic E-state index is 12.1. The molecule has 1 fully saturated rings. The molecule has 0 radical (unpaired) electrons. The Morgan fingerprint density at radius 3 is 2.47 bits per heavy atom. The number of barbiturate groups is 1. The first-order valence-corrected chi connectivity index (χ1v) is 5.94. The van der Waals surface area contributed by atoms with Gasteiger partial charge < -0.3 is 5.11 Å². The van der Waals surface area contributed by atoms with Crippen LogP contribution < -0.4 is 5.32 Å². The van der Waals surface area contributed by atoms with Crippen LogP contribution in [0, 0.1) is 5.92 Å². The van der Waals surface area contributed by atoms with E-state index in [-0.39, 0.29) is 19.6 Å². The van der Waals surface area contributed by atoms with Crippen LogP contribution in [0.2, 0.25) is 0 Å². The summed E-state index contributed by atoms with van der Waals surface area (Å²) in [6.45, 7) is -0.436. The molecule has 19 heavy (non-hydrogen) atoms. The number of benzene rings is 1. The lowest BCUT2D eigenvalue weighted by Gasteiger charge is -2.29. The van der Waals surface area contributed by atoms with Gasteiger partial charge in [-0.3, -0.25) is 19.8 Å². The maximum Gasteiger partial charge on any atom is 0.330 e. The molecule has 2 N–H and O–H groups in total. The van der Waals surface area contributed by atoms with E-state index < -0.39 is 23.8 Å². The van der Waals surface area contributed by atoms with Crippen LogP contribution in [0.15, 0.2) is 30.3 Å². The first-order chi connectivity index (χ1) is 9.13. The number of urea groups is 1. The fourth-order valence-corrected chi connectivity index (χ4v) is 2.00. The van der Waals surface area contributed by atoms with Gasteiger partial charge in [0.05, 0.1) is 13.2 Å². The van der Waals surface area contributed by atoms with E-state index in [1.807, 2.05) is 30.3 Å². The lowest BCUT2D eigenvalue weighted by atomic mass is 9.95. The molecule has 0 spiro atoms. The summed E-state index contributed by atoms with van der Waals surface area (Å²) < 4.78 is 0. The van der Waals surface area contributed by atoms with E-state index in [2.05, 4.69) is 5.32 Å². The van der Waals surface area contributed by atoms with Crippen LogP contribution in [0.4, 0.5) is 4.79 Å². The number of carbonyl (C=O) groups excluding carboxylic acids is 3. The molecule has 1 aliphatic rings. The van der Waals surface area contributed by atoms with Gasteiger partial charge >= 0.3 is 6.03 Å². The van der Waals surface area contributed by atoms with Crippen LogP contribution in [0.3, 0.4) is 0 Å². The highest BCUT2D eigenvalue weighted by Gasteiger charge is 2.39. The first-order valence-electron chi connectivity index (χ1n) is 5.94. The highest BCUT2D eigenvalue weighted by Crippen LogP contribution is 2.16. The molecule has 1 saturated heterocycles. The van der Waals surface area contributed by atoms with Gasteiger partial charge in [-0.05, 0) is 12.0 Å². The minimum Gasteiger partial charge on any atom is -0.395 e. The molecule has 0 aromatic heterocycles. The maximum atomic E-state index is 12.1. The normalized spacial score (nSPS) is 19.5. The second kappa shape index (κ2) is 5.62. The topological polar surface area (TPSA) is 86.7 Å². The molecule has 100 valence electrons. The van der Waals surface area contributed by atoms with Crippen LogP contribution in [-0.4, -0.2) is 41.0 Å². The number of aliphatic hydroxyl groups is 1. The van der Waals surface area contributed by atoms with Crippen molar-refractivity contribution in [2.45, 2.75) is 6.42 Å². The van der Waals surface area contributed by atoms with E-state index >= 15 is 0 Å². The first kappa shape index (κ1) is 13.2. The van der Waals surface area contributed by atoms with Gasteiger partial charge in [-0.15, -0.1) is 0 Å². The molecule has 6 heteroatoms. The number of nitrogens with one attached hydrogen (secondary N) is 1. The molecule has 0 bridgehead atoms. The van der Waals surface area contributed by atoms with Crippen molar-refractivity contribution in [1.29, 1.82) is 0 Å². The van der Waals surface area contributed by atoms with Gasteiger partial charge in [0, 0.05) is 0 Å². The van der Waals surface area contributed by atoms with Crippen molar-refractivity contribution < 1.29 is 19.5 Å². The number of carbonyl (C=O) groups is 3. The third-order valence-electron chi connectivity index (χ3n) is 2.96. The minimum atomic E-state index is -0.924. The summed E-state index contributed by atoms with van der Waals surface area (Å²) in [4.78, 5) is 36.1. The third kappa shape index (κ3) is 2.79. The lowest BCUT2D eigenvalue weighted by Crippen LogP contribution is -2.58. The molecule has 1 atom stereocenters. The van der Waals surface area contributed by atoms with Crippen LogP contribution >= 0.6 is 0 Å². The Bertz CT molecular complexity index is 501. The van der Waals surface area contributed by atoms with Crippen molar-refractivity contribution in [2.24, 2.45) is 5.92 Å². The van der Waals surface area contributed by atoms with Crippen molar-refractivity contribution in [3.8, 4) is 0 Å². The third-order valence-corrected chi connectivity index (χ3v) is 2.96. The fraction of sp³-hybridized carbons (Fsp3) is 0.308. The Morgan fingerprint density at radius 1 is 1.16 bits per heavy atom. The number of nitrogens with zero attached hydrogens (tertiary/aromatic N) is 1. The molecule has 1 aromatic carbocycles. The van der Waals surface area contributed by atoms with Crippen LogP contribution in [0.1, 0.15) is 5.56 Å². The van der Waals surface area contributed by atoms with E-state index in [4.69, 9.17) is 5.11 Å². The number of hydrogen-bond acceptors (Lipinski definition) is 4. The van der Waals surface area contributed by atoms with Crippen molar-refractivity contribution in [3.63, 3.8) is 0 Å². The molecular weight excluding hydrogens is 248 g/mol. The molecule has 0 aliphatic carbocycles. The van der Waals surface area contributed by atoms with E-state index in [9.17, 15) is 14.4 Å².